The van der Waals surface area contributed by atoms with Gasteiger partial charge in [-0.3, -0.25) is 0 Å². The van der Waals surface area contributed by atoms with Crippen molar-refractivity contribution >= 4 is 62.4 Å². The first-order chi connectivity index (χ1) is 17.5. The zero-order chi connectivity index (χ0) is 27.0. The van der Waals surface area contributed by atoms with Gasteiger partial charge in [0.05, 0.1) is 44.5 Å². The molecular weight excluding hydrogens is 553 g/mol. The summed E-state index contributed by atoms with van der Waals surface area (Å²) in [6, 6.07) is 4.12. The Morgan fingerprint density at radius 3 is 1.97 bits per heavy atom. The Labute approximate surface area is 226 Å². The third-order valence-corrected chi connectivity index (χ3v) is 7.58. The highest BCUT2D eigenvalue weighted by Crippen LogP contribution is 2.37. The fourth-order valence-electron chi connectivity index (χ4n) is 4.44. The average molecular weight is 575 g/mol. The predicted octanol–water partition coefficient (Wildman–Crippen LogP) is 8.22. The molecule has 2 aromatic heterocycles. The molecule has 0 N–H and O–H groups in total. The van der Waals surface area contributed by atoms with Crippen LogP contribution in [-0.2, 0) is 4.74 Å². The lowest BCUT2D eigenvalue weighted by Gasteiger charge is -2.27. The fraction of sp³-hybridized carbons (Fsp3) is 0.308. The maximum atomic E-state index is 14.0. The van der Waals surface area contributed by atoms with Crippen LogP contribution >= 0.6 is 34.8 Å². The topological polar surface area (TPSA) is 38.2 Å². The van der Waals surface area contributed by atoms with Gasteiger partial charge in [0.15, 0.2) is 0 Å². The molecule has 4 aromatic rings. The van der Waals surface area contributed by atoms with Gasteiger partial charge in [0.1, 0.15) is 34.2 Å². The zero-order valence-electron chi connectivity index (χ0n) is 20.1. The molecule has 11 heteroatoms. The monoisotopic (exact) mass is 573 g/mol. The molecule has 1 saturated heterocycles. The molecule has 1 aliphatic rings. The van der Waals surface area contributed by atoms with Crippen LogP contribution in [0.2, 0.25) is 15.2 Å². The predicted molar refractivity (Wildman–Crippen MR) is 140 cm³/mol. The minimum absolute atomic E-state index is 0.0972. The van der Waals surface area contributed by atoms with E-state index in [4.69, 9.17) is 39.5 Å². The highest BCUT2D eigenvalue weighted by atomic mass is 35.5. The number of aromatic nitrogens is 2. The van der Waals surface area contributed by atoms with E-state index in [1.54, 1.807) is 14.0 Å². The van der Waals surface area contributed by atoms with Crippen molar-refractivity contribution in [2.24, 2.45) is 0 Å². The summed E-state index contributed by atoms with van der Waals surface area (Å²) in [7, 11) is 1.66. The molecule has 0 bridgehead atoms. The molecule has 37 heavy (non-hydrogen) atoms. The molecule has 1 aliphatic heterocycles. The number of hydrogen-bond donors (Lipinski definition) is 0. The first-order valence-electron chi connectivity index (χ1n) is 11.3. The number of methoxy groups -OCH3 is 1. The number of anilines is 1. The number of ether oxygens (including phenoxy) is 1. The Morgan fingerprint density at radius 2 is 1.41 bits per heavy atom. The Balaban J connectivity index is 0.000000186. The highest BCUT2D eigenvalue weighted by Gasteiger charge is 2.28. The van der Waals surface area contributed by atoms with E-state index in [-0.39, 0.29) is 38.0 Å². The quantitative estimate of drug-likeness (QED) is 0.183. The van der Waals surface area contributed by atoms with Crippen LogP contribution in [0.15, 0.2) is 24.3 Å². The number of hydrogen-bond acceptors (Lipinski definition) is 4. The molecule has 4 nitrogen and oxygen atoms in total. The van der Waals surface area contributed by atoms with E-state index < -0.39 is 23.3 Å². The summed E-state index contributed by atoms with van der Waals surface area (Å²) in [5.41, 5.74) is 1.55. The third kappa shape index (κ3) is 5.43. The first kappa shape index (κ1) is 27.6. The van der Waals surface area contributed by atoms with Crippen molar-refractivity contribution < 1.29 is 22.3 Å². The van der Waals surface area contributed by atoms with Crippen molar-refractivity contribution in [2.45, 2.75) is 32.7 Å². The fourth-order valence-corrected chi connectivity index (χ4v) is 5.22. The van der Waals surface area contributed by atoms with Crippen molar-refractivity contribution in [1.29, 1.82) is 0 Å². The van der Waals surface area contributed by atoms with E-state index in [1.807, 2.05) is 6.92 Å². The molecule has 0 spiro atoms. The molecule has 2 aromatic carbocycles. The SMILES string of the molecule is COC[C@H]1CCCN1c1nc2cc(F)cc(F)c2c(Cl)c1C.Cc1c(Cl)nc2cc(F)cc(F)c2c1Cl. The number of pyridine rings is 2. The Morgan fingerprint density at radius 1 is 0.865 bits per heavy atom. The summed E-state index contributed by atoms with van der Waals surface area (Å²) < 4.78 is 59.0. The molecule has 5 rings (SSSR count). The second-order valence-corrected chi connectivity index (χ2v) is 9.84. The summed E-state index contributed by atoms with van der Waals surface area (Å²) in [5, 5.41) is 0.882. The van der Waals surface area contributed by atoms with Crippen molar-refractivity contribution in [3.8, 4) is 0 Å². The second-order valence-electron chi connectivity index (χ2n) is 8.72. The molecule has 3 heterocycles. The van der Waals surface area contributed by atoms with Gasteiger partial charge < -0.3 is 9.64 Å². The first-order valence-corrected chi connectivity index (χ1v) is 12.5. The average Bonchev–Trinajstić information content (AvgIpc) is 3.27. The standard InChI is InChI=1S/C16H17ClF2N2O.C10H5Cl2F2N/c1-9-15(17)14-12(19)6-10(18)7-13(14)20-16(9)21-5-3-4-11(21)8-22-2;1-4-9(11)8-6(14)2-5(13)3-7(8)15-10(4)12/h6-7,11H,3-5,8H2,1-2H3;2-3H,1H3/t11-;/m1./s1. The Kier molecular flexibility index (Phi) is 8.33. The molecule has 0 unspecified atom stereocenters. The zero-order valence-corrected chi connectivity index (χ0v) is 22.4. The Bertz CT molecular complexity index is 1500. The molecule has 0 saturated carbocycles. The van der Waals surface area contributed by atoms with Gasteiger partial charge in [0.2, 0.25) is 0 Å². The van der Waals surface area contributed by atoms with Crippen LogP contribution in [0.25, 0.3) is 21.8 Å². The number of nitrogens with zero attached hydrogens (tertiary/aromatic N) is 3. The van der Waals surface area contributed by atoms with Gasteiger partial charge in [-0.2, -0.15) is 0 Å². The van der Waals surface area contributed by atoms with E-state index >= 15 is 0 Å². The molecular formula is C26H22Cl3F4N3O. The van der Waals surface area contributed by atoms with Crippen molar-refractivity contribution in [2.75, 3.05) is 25.2 Å². The minimum Gasteiger partial charge on any atom is -0.383 e. The van der Waals surface area contributed by atoms with Gasteiger partial charge in [0, 0.05) is 49.0 Å². The van der Waals surface area contributed by atoms with Crippen LogP contribution in [0.4, 0.5) is 23.4 Å². The van der Waals surface area contributed by atoms with Crippen molar-refractivity contribution in [1.82, 2.24) is 9.97 Å². The lowest BCUT2D eigenvalue weighted by molar-refractivity contribution is 0.180. The van der Waals surface area contributed by atoms with Crippen LogP contribution in [0.5, 0.6) is 0 Å². The van der Waals surface area contributed by atoms with E-state index in [2.05, 4.69) is 14.9 Å². The minimum atomic E-state index is -0.734. The van der Waals surface area contributed by atoms with Gasteiger partial charge in [-0.15, -0.1) is 0 Å². The maximum absolute atomic E-state index is 14.0. The van der Waals surface area contributed by atoms with Crippen LogP contribution in [0.1, 0.15) is 24.0 Å². The van der Waals surface area contributed by atoms with Gasteiger partial charge >= 0.3 is 0 Å². The summed E-state index contributed by atoms with van der Waals surface area (Å²) in [6.45, 7) is 4.87. The maximum Gasteiger partial charge on any atom is 0.137 e. The van der Waals surface area contributed by atoms with Crippen LogP contribution in [0.3, 0.4) is 0 Å². The molecule has 0 amide bonds. The summed E-state index contributed by atoms with van der Waals surface area (Å²) >= 11 is 18.0. The highest BCUT2D eigenvalue weighted by molar-refractivity contribution is 6.39. The number of benzene rings is 2. The largest absolute Gasteiger partial charge is 0.383 e. The number of halogens is 7. The van der Waals surface area contributed by atoms with E-state index in [9.17, 15) is 17.6 Å². The van der Waals surface area contributed by atoms with Gasteiger partial charge in [-0.05, 0) is 26.7 Å². The van der Waals surface area contributed by atoms with Gasteiger partial charge in [-0.25, -0.2) is 27.5 Å². The summed E-state index contributed by atoms with van der Waals surface area (Å²) in [4.78, 5) is 10.5. The smallest absolute Gasteiger partial charge is 0.137 e. The molecule has 196 valence electrons. The molecule has 1 fully saturated rings. The molecule has 0 aliphatic carbocycles. The van der Waals surface area contributed by atoms with E-state index in [0.29, 0.717) is 28.6 Å². The molecule has 0 radical (unpaired) electrons. The van der Waals surface area contributed by atoms with Crippen molar-refractivity contribution in [3.63, 3.8) is 0 Å². The number of rotatable bonds is 3. The van der Waals surface area contributed by atoms with Gasteiger partial charge in [0.25, 0.3) is 0 Å². The van der Waals surface area contributed by atoms with Crippen molar-refractivity contribution in [3.05, 3.63) is 73.9 Å². The van der Waals surface area contributed by atoms with Gasteiger partial charge in [-0.1, -0.05) is 34.8 Å². The lowest BCUT2D eigenvalue weighted by Crippen LogP contribution is -2.34. The van der Waals surface area contributed by atoms with E-state index in [0.717, 1.165) is 37.6 Å². The third-order valence-electron chi connectivity index (χ3n) is 6.26. The number of fused-ring (bicyclic) bond motifs is 2. The Hall–Kier alpha value is -2.39. The van der Waals surface area contributed by atoms with Crippen LogP contribution < -0.4 is 4.90 Å². The molecule has 1 atom stereocenters. The van der Waals surface area contributed by atoms with Crippen LogP contribution in [-0.4, -0.2) is 36.3 Å². The second kappa shape index (κ2) is 11.2. The summed E-state index contributed by atoms with van der Waals surface area (Å²) in [5.74, 6) is -2.09. The normalized spacial score (nSPS) is 15.4. The lowest BCUT2D eigenvalue weighted by atomic mass is 10.1. The summed E-state index contributed by atoms with van der Waals surface area (Å²) in [6.07, 6.45) is 2.03. The van der Waals surface area contributed by atoms with Crippen LogP contribution in [0, 0.1) is 37.1 Å². The van der Waals surface area contributed by atoms with E-state index in [1.165, 1.54) is 6.07 Å².